The molecule has 18 heavy (non-hydrogen) atoms. The third kappa shape index (κ3) is 1.76. The van der Waals surface area contributed by atoms with E-state index < -0.39 is 0 Å². The lowest BCUT2D eigenvalue weighted by molar-refractivity contribution is 0.306. The van der Waals surface area contributed by atoms with Crippen molar-refractivity contribution in [3.8, 4) is 0 Å². The summed E-state index contributed by atoms with van der Waals surface area (Å²) in [7, 11) is 0. The number of aromatic nitrogens is 2. The fraction of sp³-hybridized carbons (Fsp3) is 0.385. The molecule has 3 rings (SSSR count). The van der Waals surface area contributed by atoms with Gasteiger partial charge in [0.2, 0.25) is 0 Å². The number of aromatic amines is 1. The molecule has 1 unspecified atom stereocenters. The molecule has 0 radical (unpaired) electrons. The summed E-state index contributed by atoms with van der Waals surface area (Å²) in [5.74, 6) is 0. The Morgan fingerprint density at radius 2 is 2.00 bits per heavy atom. The Morgan fingerprint density at radius 3 is 2.78 bits per heavy atom. The molecule has 0 amide bonds. The first-order chi connectivity index (χ1) is 8.77. The number of rotatable bonds is 1. The van der Waals surface area contributed by atoms with E-state index in [1.807, 2.05) is 0 Å². The van der Waals surface area contributed by atoms with Crippen LogP contribution in [0.4, 0.5) is 0 Å². The molecule has 1 fully saturated rings. The Bertz CT molecular complexity index is 680. The first-order valence-corrected chi connectivity index (χ1v) is 6.24. The van der Waals surface area contributed by atoms with Crippen LogP contribution in [0.1, 0.15) is 25.4 Å². The van der Waals surface area contributed by atoms with Gasteiger partial charge in [-0.15, -0.1) is 0 Å². The topological polar surface area (TPSA) is 66.9 Å². The minimum atomic E-state index is -0.335. The minimum Gasteiger partial charge on any atom is -0.307 e. The molecule has 94 valence electrons. The zero-order valence-corrected chi connectivity index (χ0v) is 9.98. The highest BCUT2D eigenvalue weighted by atomic mass is 16.2. The molecule has 1 saturated heterocycles. The standard InChI is InChI=1S/C13H15N3O2/c17-12-9-5-1-2-6-10(9)15-13(18)16(12)11-7-3-4-8-14-11/h1-2,5-6,11,14H,3-4,7-8H2,(H,15,18). The largest absolute Gasteiger partial charge is 0.330 e. The molecular weight excluding hydrogens is 230 g/mol. The molecule has 5 nitrogen and oxygen atoms in total. The number of nitrogens with one attached hydrogen (secondary N) is 2. The van der Waals surface area contributed by atoms with Crippen LogP contribution in [0.15, 0.2) is 33.9 Å². The van der Waals surface area contributed by atoms with Gasteiger partial charge in [-0.2, -0.15) is 0 Å². The monoisotopic (exact) mass is 245 g/mol. The molecule has 0 bridgehead atoms. The Hall–Kier alpha value is -1.88. The zero-order chi connectivity index (χ0) is 12.5. The van der Waals surface area contributed by atoms with E-state index in [2.05, 4.69) is 10.3 Å². The zero-order valence-electron chi connectivity index (χ0n) is 9.98. The number of H-pyrrole nitrogens is 1. The molecule has 1 atom stereocenters. The van der Waals surface area contributed by atoms with E-state index in [1.54, 1.807) is 24.3 Å². The molecule has 1 aliphatic heterocycles. The molecule has 2 heterocycles. The quantitative estimate of drug-likeness (QED) is 0.786. The first-order valence-electron chi connectivity index (χ1n) is 6.24. The van der Waals surface area contributed by atoms with Crippen molar-refractivity contribution in [3.05, 3.63) is 45.1 Å². The SMILES string of the molecule is O=c1[nH]c2ccccc2c(=O)n1C1CCCCN1. The van der Waals surface area contributed by atoms with Gasteiger partial charge >= 0.3 is 5.69 Å². The third-order valence-electron chi connectivity index (χ3n) is 3.43. The van der Waals surface area contributed by atoms with Gasteiger partial charge in [0.15, 0.2) is 0 Å². The van der Waals surface area contributed by atoms with Gasteiger partial charge in [-0.3, -0.25) is 10.1 Å². The van der Waals surface area contributed by atoms with Crippen LogP contribution >= 0.6 is 0 Å². The molecule has 0 spiro atoms. The predicted molar refractivity (Wildman–Crippen MR) is 69.7 cm³/mol. The van der Waals surface area contributed by atoms with Gasteiger partial charge in [-0.05, 0) is 37.9 Å². The maximum atomic E-state index is 12.4. The smallest absolute Gasteiger partial charge is 0.307 e. The highest BCUT2D eigenvalue weighted by Gasteiger charge is 2.19. The van der Waals surface area contributed by atoms with Crippen LogP contribution in [0.25, 0.3) is 10.9 Å². The average Bonchev–Trinajstić information content (AvgIpc) is 2.40. The molecule has 1 aliphatic rings. The van der Waals surface area contributed by atoms with Crippen LogP contribution in [0.5, 0.6) is 0 Å². The second-order valence-corrected chi connectivity index (χ2v) is 4.62. The van der Waals surface area contributed by atoms with Crippen molar-refractivity contribution in [2.24, 2.45) is 0 Å². The molecule has 2 aromatic rings. The predicted octanol–water partition coefficient (Wildman–Crippen LogP) is 0.962. The van der Waals surface area contributed by atoms with Gasteiger partial charge in [-0.25, -0.2) is 9.36 Å². The third-order valence-corrected chi connectivity index (χ3v) is 3.43. The fourth-order valence-corrected chi connectivity index (χ4v) is 2.51. The van der Waals surface area contributed by atoms with Gasteiger partial charge in [0.05, 0.1) is 17.1 Å². The van der Waals surface area contributed by atoms with E-state index in [-0.39, 0.29) is 17.4 Å². The van der Waals surface area contributed by atoms with Crippen LogP contribution in [0.2, 0.25) is 0 Å². The minimum absolute atomic E-state index is 0.181. The Morgan fingerprint density at radius 1 is 1.17 bits per heavy atom. The van der Waals surface area contributed by atoms with E-state index in [1.165, 1.54) is 4.57 Å². The van der Waals surface area contributed by atoms with Gasteiger partial charge in [0, 0.05) is 0 Å². The maximum Gasteiger partial charge on any atom is 0.330 e. The van der Waals surface area contributed by atoms with Gasteiger partial charge < -0.3 is 4.98 Å². The van der Waals surface area contributed by atoms with E-state index in [9.17, 15) is 9.59 Å². The highest BCUT2D eigenvalue weighted by molar-refractivity contribution is 5.76. The molecular formula is C13H15N3O2. The van der Waals surface area contributed by atoms with Crippen LogP contribution < -0.4 is 16.6 Å². The van der Waals surface area contributed by atoms with E-state index in [0.29, 0.717) is 10.9 Å². The van der Waals surface area contributed by atoms with Crippen molar-refractivity contribution in [2.75, 3.05) is 6.54 Å². The summed E-state index contributed by atoms with van der Waals surface area (Å²) >= 11 is 0. The lowest BCUT2D eigenvalue weighted by Crippen LogP contribution is -2.45. The molecule has 2 N–H and O–H groups in total. The molecule has 1 aromatic heterocycles. The lowest BCUT2D eigenvalue weighted by Gasteiger charge is -2.24. The Kier molecular flexibility index (Phi) is 2.76. The summed E-state index contributed by atoms with van der Waals surface area (Å²) in [4.78, 5) is 27.1. The number of para-hydroxylation sites is 1. The maximum absolute atomic E-state index is 12.4. The van der Waals surface area contributed by atoms with Crippen LogP contribution in [-0.2, 0) is 0 Å². The molecule has 0 saturated carbocycles. The molecule has 1 aromatic carbocycles. The number of fused-ring (bicyclic) bond motifs is 1. The van der Waals surface area contributed by atoms with Crippen molar-refractivity contribution in [1.82, 2.24) is 14.9 Å². The number of hydrogen-bond acceptors (Lipinski definition) is 3. The lowest BCUT2D eigenvalue weighted by atomic mass is 10.1. The van der Waals surface area contributed by atoms with E-state index in [4.69, 9.17) is 0 Å². The second-order valence-electron chi connectivity index (χ2n) is 4.62. The van der Waals surface area contributed by atoms with Crippen molar-refractivity contribution in [3.63, 3.8) is 0 Å². The Balaban J connectivity index is 2.22. The normalized spacial score (nSPS) is 20.1. The van der Waals surface area contributed by atoms with E-state index in [0.717, 1.165) is 25.8 Å². The van der Waals surface area contributed by atoms with Crippen LogP contribution in [-0.4, -0.2) is 16.1 Å². The average molecular weight is 245 g/mol. The summed E-state index contributed by atoms with van der Waals surface area (Å²) < 4.78 is 1.31. The van der Waals surface area contributed by atoms with Crippen LogP contribution in [0, 0.1) is 0 Å². The van der Waals surface area contributed by atoms with Crippen molar-refractivity contribution in [1.29, 1.82) is 0 Å². The van der Waals surface area contributed by atoms with Gasteiger partial charge in [0.1, 0.15) is 0 Å². The summed E-state index contributed by atoms with van der Waals surface area (Å²) in [6, 6.07) is 7.10. The fourth-order valence-electron chi connectivity index (χ4n) is 2.51. The number of nitrogens with zero attached hydrogens (tertiary/aromatic N) is 1. The van der Waals surface area contributed by atoms with Crippen molar-refractivity contribution < 1.29 is 0 Å². The molecule has 5 heteroatoms. The molecule has 0 aliphatic carbocycles. The number of hydrogen-bond donors (Lipinski definition) is 2. The number of benzene rings is 1. The van der Waals surface area contributed by atoms with Gasteiger partial charge in [-0.1, -0.05) is 12.1 Å². The van der Waals surface area contributed by atoms with E-state index >= 15 is 0 Å². The summed E-state index contributed by atoms with van der Waals surface area (Å²) in [6.07, 6.45) is 2.77. The summed E-state index contributed by atoms with van der Waals surface area (Å²) in [6.45, 7) is 0.851. The summed E-state index contributed by atoms with van der Waals surface area (Å²) in [5.41, 5.74) is 0.0476. The van der Waals surface area contributed by atoms with Crippen LogP contribution in [0.3, 0.4) is 0 Å². The van der Waals surface area contributed by atoms with Gasteiger partial charge in [0.25, 0.3) is 5.56 Å². The first kappa shape index (κ1) is 11.2. The Labute approximate surface area is 103 Å². The van der Waals surface area contributed by atoms with Crippen molar-refractivity contribution in [2.45, 2.75) is 25.4 Å². The summed E-state index contributed by atoms with van der Waals surface area (Å²) in [5, 5.41) is 3.78. The second kappa shape index (κ2) is 4.42. The highest BCUT2D eigenvalue weighted by Crippen LogP contribution is 2.14. The van der Waals surface area contributed by atoms with Crippen molar-refractivity contribution >= 4 is 10.9 Å². The number of piperidine rings is 1.